The predicted octanol–water partition coefficient (Wildman–Crippen LogP) is 0.771. The molecule has 1 heterocycles. The van der Waals surface area contributed by atoms with E-state index in [1.807, 2.05) is 0 Å². The van der Waals surface area contributed by atoms with E-state index < -0.39 is 24.5 Å². The van der Waals surface area contributed by atoms with Crippen LogP contribution in [0.4, 0.5) is 8.78 Å². The topological polar surface area (TPSA) is 97.0 Å². The van der Waals surface area contributed by atoms with Crippen molar-refractivity contribution < 1.29 is 32.6 Å². The van der Waals surface area contributed by atoms with E-state index in [0.717, 1.165) is 0 Å². The summed E-state index contributed by atoms with van der Waals surface area (Å²) in [5.74, 6) is -1.67. The molecule has 1 aromatic carbocycles. The molecule has 0 radical (unpaired) electrons. The normalized spacial score (nSPS) is 16.1. The Hall–Kier alpha value is -2.75. The highest BCUT2D eigenvalue weighted by molar-refractivity contribution is 6.00. The number of likely N-dealkylation sites (tertiary alicyclic amines) is 1. The number of methoxy groups -OCH3 is 1. The molecule has 0 aromatic heterocycles. The Morgan fingerprint density at radius 1 is 1.25 bits per heavy atom. The molecule has 10 heteroatoms. The Morgan fingerprint density at radius 3 is 2.71 bits per heavy atom. The number of amides is 3. The molecular weight excluding hydrogens is 376 g/mol. The van der Waals surface area contributed by atoms with Gasteiger partial charge in [-0.05, 0) is 25.0 Å². The second-order valence-corrected chi connectivity index (χ2v) is 6.09. The molecule has 0 aliphatic carbocycles. The summed E-state index contributed by atoms with van der Waals surface area (Å²) in [4.78, 5) is 38.2. The van der Waals surface area contributed by atoms with Crippen LogP contribution < -0.4 is 15.4 Å². The standard InChI is InChI=1S/C18H23F2N3O5/c1-27-10-8-21-15(24)11-22-16(25)13-6-4-9-23(13)17(26)12-5-2-3-7-14(12)28-18(19)20/h2-3,5,7,13,18H,4,6,8-11H2,1H3,(H,21,24)(H,22,25). The average molecular weight is 399 g/mol. The Labute approximate surface area is 161 Å². The number of nitrogens with zero attached hydrogens (tertiary/aromatic N) is 1. The number of benzene rings is 1. The van der Waals surface area contributed by atoms with Crippen LogP contribution in [0.5, 0.6) is 5.75 Å². The molecule has 1 saturated heterocycles. The highest BCUT2D eigenvalue weighted by atomic mass is 19.3. The summed E-state index contributed by atoms with van der Waals surface area (Å²) in [6.07, 6.45) is 1.00. The molecule has 2 N–H and O–H groups in total. The SMILES string of the molecule is COCCNC(=O)CNC(=O)C1CCCN1C(=O)c1ccccc1OC(F)F. The second kappa shape index (κ2) is 10.5. The maximum absolute atomic E-state index is 12.8. The molecule has 2 rings (SSSR count). The summed E-state index contributed by atoms with van der Waals surface area (Å²) in [6, 6.07) is 4.87. The van der Waals surface area contributed by atoms with Crippen LogP contribution in [0.15, 0.2) is 24.3 Å². The largest absolute Gasteiger partial charge is 0.434 e. The first-order valence-electron chi connectivity index (χ1n) is 8.82. The van der Waals surface area contributed by atoms with Gasteiger partial charge in [0, 0.05) is 20.2 Å². The molecule has 1 fully saturated rings. The lowest BCUT2D eigenvalue weighted by Gasteiger charge is -2.24. The van der Waals surface area contributed by atoms with Gasteiger partial charge in [-0.3, -0.25) is 14.4 Å². The summed E-state index contributed by atoms with van der Waals surface area (Å²) in [5, 5.41) is 5.07. The van der Waals surface area contributed by atoms with E-state index in [1.54, 1.807) is 0 Å². The van der Waals surface area contributed by atoms with Crippen LogP contribution in [0.1, 0.15) is 23.2 Å². The van der Waals surface area contributed by atoms with Crippen LogP contribution in [0.3, 0.4) is 0 Å². The summed E-state index contributed by atoms with van der Waals surface area (Å²) in [7, 11) is 1.50. The Balaban J connectivity index is 1.99. The fraction of sp³-hybridized carbons (Fsp3) is 0.500. The van der Waals surface area contributed by atoms with Gasteiger partial charge < -0.3 is 25.0 Å². The molecule has 8 nitrogen and oxygen atoms in total. The van der Waals surface area contributed by atoms with Gasteiger partial charge in [-0.25, -0.2) is 0 Å². The minimum absolute atomic E-state index is 0.0418. The summed E-state index contributed by atoms with van der Waals surface area (Å²) >= 11 is 0. The lowest BCUT2D eigenvalue weighted by atomic mass is 10.1. The maximum atomic E-state index is 12.8. The number of carbonyl (C=O) groups excluding carboxylic acids is 3. The molecule has 0 saturated carbocycles. The molecule has 1 atom stereocenters. The van der Waals surface area contributed by atoms with Crippen LogP contribution >= 0.6 is 0 Å². The molecule has 0 spiro atoms. The van der Waals surface area contributed by atoms with Crippen molar-refractivity contribution in [3.05, 3.63) is 29.8 Å². The van der Waals surface area contributed by atoms with Crippen molar-refractivity contribution in [3.63, 3.8) is 0 Å². The lowest BCUT2D eigenvalue weighted by molar-refractivity contribution is -0.128. The fourth-order valence-electron chi connectivity index (χ4n) is 2.92. The number of ether oxygens (including phenoxy) is 2. The molecular formula is C18H23F2N3O5. The van der Waals surface area contributed by atoms with Gasteiger partial charge in [-0.1, -0.05) is 12.1 Å². The smallest absolute Gasteiger partial charge is 0.387 e. The summed E-state index contributed by atoms with van der Waals surface area (Å²) in [5.41, 5.74) is -0.0418. The molecule has 3 amide bonds. The van der Waals surface area contributed by atoms with Gasteiger partial charge in [0.25, 0.3) is 5.91 Å². The van der Waals surface area contributed by atoms with Crippen LogP contribution in [0.2, 0.25) is 0 Å². The van der Waals surface area contributed by atoms with E-state index in [1.165, 1.54) is 36.3 Å². The van der Waals surface area contributed by atoms with Crippen LogP contribution in [0, 0.1) is 0 Å². The van der Waals surface area contributed by atoms with Crippen molar-refractivity contribution in [2.75, 3.05) is 33.4 Å². The van der Waals surface area contributed by atoms with E-state index in [-0.39, 0.29) is 23.8 Å². The van der Waals surface area contributed by atoms with Crippen molar-refractivity contribution in [1.29, 1.82) is 0 Å². The molecule has 1 aromatic rings. The van der Waals surface area contributed by atoms with Gasteiger partial charge in [-0.15, -0.1) is 0 Å². The number of nitrogens with one attached hydrogen (secondary N) is 2. The molecule has 0 bridgehead atoms. The third-order valence-corrected chi connectivity index (χ3v) is 4.20. The third kappa shape index (κ3) is 5.88. The zero-order valence-electron chi connectivity index (χ0n) is 15.5. The highest BCUT2D eigenvalue weighted by Crippen LogP contribution is 2.26. The van der Waals surface area contributed by atoms with Crippen LogP contribution in [0.25, 0.3) is 0 Å². The minimum atomic E-state index is -3.07. The van der Waals surface area contributed by atoms with Crippen molar-refractivity contribution in [2.45, 2.75) is 25.5 Å². The molecule has 1 unspecified atom stereocenters. The van der Waals surface area contributed by atoms with E-state index in [2.05, 4.69) is 15.4 Å². The highest BCUT2D eigenvalue weighted by Gasteiger charge is 2.35. The number of carbonyl (C=O) groups is 3. The molecule has 1 aliphatic heterocycles. The number of hydrogen-bond donors (Lipinski definition) is 2. The minimum Gasteiger partial charge on any atom is -0.434 e. The second-order valence-electron chi connectivity index (χ2n) is 6.09. The van der Waals surface area contributed by atoms with E-state index in [0.29, 0.717) is 32.5 Å². The number of halogens is 2. The number of para-hydroxylation sites is 1. The van der Waals surface area contributed by atoms with Gasteiger partial charge >= 0.3 is 6.61 Å². The van der Waals surface area contributed by atoms with E-state index in [4.69, 9.17) is 4.74 Å². The van der Waals surface area contributed by atoms with E-state index >= 15 is 0 Å². The maximum Gasteiger partial charge on any atom is 0.387 e. The fourth-order valence-corrected chi connectivity index (χ4v) is 2.92. The first-order chi connectivity index (χ1) is 13.4. The Kier molecular flexibility index (Phi) is 8.12. The van der Waals surface area contributed by atoms with E-state index in [9.17, 15) is 23.2 Å². The van der Waals surface area contributed by atoms with Crippen molar-refractivity contribution >= 4 is 17.7 Å². The number of rotatable bonds is 9. The van der Waals surface area contributed by atoms with Gasteiger partial charge in [-0.2, -0.15) is 8.78 Å². The lowest BCUT2D eigenvalue weighted by Crippen LogP contribution is -2.48. The predicted molar refractivity (Wildman–Crippen MR) is 95.0 cm³/mol. The van der Waals surface area contributed by atoms with Gasteiger partial charge in [0.15, 0.2) is 0 Å². The first kappa shape index (κ1) is 21.5. The average Bonchev–Trinajstić information content (AvgIpc) is 3.15. The zero-order chi connectivity index (χ0) is 20.5. The van der Waals surface area contributed by atoms with Gasteiger partial charge in [0.2, 0.25) is 11.8 Å². The summed E-state index contributed by atoms with van der Waals surface area (Å²) < 4.78 is 34.4. The number of hydrogen-bond acceptors (Lipinski definition) is 5. The first-order valence-corrected chi connectivity index (χ1v) is 8.82. The van der Waals surface area contributed by atoms with Crippen molar-refractivity contribution in [1.82, 2.24) is 15.5 Å². The van der Waals surface area contributed by atoms with Gasteiger partial charge in [0.05, 0.1) is 18.7 Å². The Bertz CT molecular complexity index is 702. The molecule has 1 aliphatic rings. The van der Waals surface area contributed by atoms with Gasteiger partial charge in [0.1, 0.15) is 11.8 Å². The third-order valence-electron chi connectivity index (χ3n) is 4.20. The Morgan fingerprint density at radius 2 is 2.00 bits per heavy atom. The quantitative estimate of drug-likeness (QED) is 0.598. The van der Waals surface area contributed by atoms with Crippen LogP contribution in [-0.2, 0) is 14.3 Å². The van der Waals surface area contributed by atoms with Crippen LogP contribution in [-0.4, -0.2) is 68.6 Å². The number of alkyl halides is 2. The van der Waals surface area contributed by atoms with Crippen molar-refractivity contribution in [3.8, 4) is 5.75 Å². The molecule has 28 heavy (non-hydrogen) atoms. The zero-order valence-corrected chi connectivity index (χ0v) is 15.5. The van der Waals surface area contributed by atoms with Crippen molar-refractivity contribution in [2.24, 2.45) is 0 Å². The monoisotopic (exact) mass is 399 g/mol. The summed E-state index contributed by atoms with van der Waals surface area (Å²) in [6.45, 7) is -2.32. The molecule has 154 valence electrons.